The van der Waals surface area contributed by atoms with Gasteiger partial charge in [0.1, 0.15) is 11.4 Å². The zero-order valence-corrected chi connectivity index (χ0v) is 16.5. The first kappa shape index (κ1) is 19.6. The van der Waals surface area contributed by atoms with Crippen molar-refractivity contribution in [1.82, 2.24) is 15.3 Å². The van der Waals surface area contributed by atoms with E-state index in [0.29, 0.717) is 24.2 Å². The number of nitrogens with one attached hydrogen (secondary N) is 1. The Morgan fingerprint density at radius 2 is 2.20 bits per heavy atom. The highest BCUT2D eigenvalue weighted by Crippen LogP contribution is 2.24. The Morgan fingerprint density at radius 3 is 2.84 bits per heavy atom. The lowest BCUT2D eigenvalue weighted by Crippen LogP contribution is -2.49. The minimum absolute atomic E-state index is 0.0341. The van der Waals surface area contributed by atoms with Gasteiger partial charge in [0.2, 0.25) is 5.88 Å². The van der Waals surface area contributed by atoms with Crippen molar-refractivity contribution in [1.29, 1.82) is 0 Å². The van der Waals surface area contributed by atoms with Gasteiger partial charge in [0.15, 0.2) is 5.16 Å². The van der Waals surface area contributed by atoms with Crippen LogP contribution in [0.5, 0.6) is 5.88 Å². The van der Waals surface area contributed by atoms with Crippen LogP contribution in [0, 0.1) is 0 Å². The fourth-order valence-corrected chi connectivity index (χ4v) is 3.01. The van der Waals surface area contributed by atoms with Gasteiger partial charge in [-0.25, -0.2) is 9.78 Å². The molecule has 2 heterocycles. The summed E-state index contributed by atoms with van der Waals surface area (Å²) in [5, 5.41) is 3.64. The molecule has 0 saturated carbocycles. The van der Waals surface area contributed by atoms with Gasteiger partial charge in [-0.15, -0.1) is 0 Å². The summed E-state index contributed by atoms with van der Waals surface area (Å²) >= 11 is 1.49. The maximum Gasteiger partial charge on any atom is 0.407 e. The normalized spacial score (nSPS) is 18.0. The van der Waals surface area contributed by atoms with Crippen LogP contribution in [0.15, 0.2) is 11.2 Å². The van der Waals surface area contributed by atoms with Crippen LogP contribution in [0.1, 0.15) is 40.5 Å². The van der Waals surface area contributed by atoms with Gasteiger partial charge < -0.3 is 19.7 Å². The van der Waals surface area contributed by atoms with Crippen molar-refractivity contribution < 1.29 is 14.3 Å². The molecule has 1 atom stereocenters. The molecule has 0 bridgehead atoms. The Morgan fingerprint density at radius 1 is 1.44 bits per heavy atom. The average molecular weight is 369 g/mol. The largest absolute Gasteiger partial charge is 0.478 e. The predicted octanol–water partition coefficient (Wildman–Crippen LogP) is 3.09. The van der Waals surface area contributed by atoms with Gasteiger partial charge in [0, 0.05) is 25.2 Å². The third-order valence-electron chi connectivity index (χ3n) is 3.61. The summed E-state index contributed by atoms with van der Waals surface area (Å²) in [6, 6.07) is 1.89. The monoisotopic (exact) mass is 368 g/mol. The second kappa shape index (κ2) is 8.60. The number of alkyl carbamates (subject to hydrolysis) is 1. The van der Waals surface area contributed by atoms with E-state index in [2.05, 4.69) is 20.2 Å². The van der Waals surface area contributed by atoms with Crippen molar-refractivity contribution in [2.45, 2.75) is 57.3 Å². The first-order valence-electron chi connectivity index (χ1n) is 8.61. The molecule has 7 nitrogen and oxygen atoms in total. The van der Waals surface area contributed by atoms with Crippen LogP contribution in [0.4, 0.5) is 10.6 Å². The molecule has 0 radical (unpaired) electrons. The first-order chi connectivity index (χ1) is 11.8. The number of rotatable bonds is 5. The van der Waals surface area contributed by atoms with Gasteiger partial charge >= 0.3 is 6.09 Å². The first-order valence-corrected chi connectivity index (χ1v) is 9.83. The van der Waals surface area contributed by atoms with E-state index >= 15 is 0 Å². The molecule has 1 aromatic heterocycles. The third-order valence-corrected chi connectivity index (χ3v) is 4.16. The van der Waals surface area contributed by atoms with Gasteiger partial charge in [-0.1, -0.05) is 11.8 Å². The van der Waals surface area contributed by atoms with E-state index in [1.165, 1.54) is 11.8 Å². The number of nitrogens with zero attached hydrogens (tertiary/aromatic N) is 3. The number of aromatic nitrogens is 2. The van der Waals surface area contributed by atoms with Crippen molar-refractivity contribution >= 4 is 23.7 Å². The van der Waals surface area contributed by atoms with Crippen LogP contribution in [0.2, 0.25) is 0 Å². The van der Waals surface area contributed by atoms with Crippen molar-refractivity contribution in [3.05, 3.63) is 6.07 Å². The molecule has 140 valence electrons. The minimum atomic E-state index is -0.495. The smallest absolute Gasteiger partial charge is 0.407 e. The van der Waals surface area contributed by atoms with Crippen LogP contribution in [-0.4, -0.2) is 53.7 Å². The van der Waals surface area contributed by atoms with E-state index in [9.17, 15) is 4.79 Å². The Labute approximate surface area is 153 Å². The summed E-state index contributed by atoms with van der Waals surface area (Å²) in [5.74, 6) is 1.41. The Bertz CT molecular complexity index is 592. The number of piperidine rings is 1. The summed E-state index contributed by atoms with van der Waals surface area (Å²) in [4.78, 5) is 23.1. The van der Waals surface area contributed by atoms with Crippen molar-refractivity contribution in [3.63, 3.8) is 0 Å². The fraction of sp³-hybridized carbons (Fsp3) is 0.706. The lowest BCUT2D eigenvalue weighted by Gasteiger charge is -2.34. The second-order valence-electron chi connectivity index (χ2n) is 6.92. The standard InChI is InChI=1S/C17H28N4O3S/c1-6-23-14-10-13(19-15(20-14)25-5)21-9-7-8-12(11-21)18-16(22)24-17(2,3)4/h10,12H,6-9,11H2,1-5H3,(H,18,22)/t12-/m1/s1. The van der Waals surface area contributed by atoms with E-state index in [-0.39, 0.29) is 12.1 Å². The molecule has 1 saturated heterocycles. The SMILES string of the molecule is CCOc1cc(N2CCC[C@@H](NC(=O)OC(C)(C)C)C2)nc(SC)n1. The molecule has 1 aromatic rings. The molecule has 8 heteroatoms. The number of ether oxygens (including phenoxy) is 2. The summed E-state index contributed by atoms with van der Waals surface area (Å²) in [6.07, 6.45) is 3.47. The molecule has 1 aliphatic rings. The molecule has 1 amide bonds. The van der Waals surface area contributed by atoms with Gasteiger partial charge in [0.05, 0.1) is 6.61 Å². The van der Waals surface area contributed by atoms with E-state index in [0.717, 1.165) is 25.2 Å². The Hall–Kier alpha value is -1.70. The van der Waals surface area contributed by atoms with Crippen LogP contribution < -0.4 is 15.0 Å². The number of hydrogen-bond acceptors (Lipinski definition) is 7. The maximum absolute atomic E-state index is 12.0. The molecular weight excluding hydrogens is 340 g/mol. The molecule has 1 fully saturated rings. The molecular formula is C17H28N4O3S. The van der Waals surface area contributed by atoms with Crippen molar-refractivity contribution in [2.24, 2.45) is 0 Å². The Balaban J connectivity index is 2.05. The van der Waals surface area contributed by atoms with Gasteiger partial charge in [-0.3, -0.25) is 0 Å². The highest BCUT2D eigenvalue weighted by molar-refractivity contribution is 7.98. The van der Waals surface area contributed by atoms with E-state index < -0.39 is 5.60 Å². The van der Waals surface area contributed by atoms with Crippen molar-refractivity contribution in [3.8, 4) is 5.88 Å². The van der Waals surface area contributed by atoms with E-state index in [1.807, 2.05) is 40.0 Å². The van der Waals surface area contributed by atoms with Crippen molar-refractivity contribution in [2.75, 3.05) is 30.9 Å². The molecule has 0 aliphatic carbocycles. The highest BCUT2D eigenvalue weighted by Gasteiger charge is 2.25. The quantitative estimate of drug-likeness (QED) is 0.632. The lowest BCUT2D eigenvalue weighted by atomic mass is 10.1. The average Bonchev–Trinajstić information content (AvgIpc) is 2.53. The van der Waals surface area contributed by atoms with Gasteiger partial charge in [0.25, 0.3) is 0 Å². The lowest BCUT2D eigenvalue weighted by molar-refractivity contribution is 0.0500. The number of hydrogen-bond donors (Lipinski definition) is 1. The Kier molecular flexibility index (Phi) is 6.75. The maximum atomic E-state index is 12.0. The molecule has 2 rings (SSSR count). The zero-order chi connectivity index (χ0) is 18.4. The number of thioether (sulfide) groups is 1. The fourth-order valence-electron chi connectivity index (χ4n) is 2.64. The summed E-state index contributed by atoms with van der Waals surface area (Å²) < 4.78 is 10.9. The van der Waals surface area contributed by atoms with E-state index in [1.54, 1.807) is 0 Å². The van der Waals surface area contributed by atoms with Crippen LogP contribution in [-0.2, 0) is 4.74 Å². The summed E-state index contributed by atoms with van der Waals surface area (Å²) in [5.41, 5.74) is -0.495. The van der Waals surface area contributed by atoms with Crippen LogP contribution >= 0.6 is 11.8 Å². The van der Waals surface area contributed by atoms with Crippen LogP contribution in [0.3, 0.4) is 0 Å². The molecule has 1 N–H and O–H groups in total. The topological polar surface area (TPSA) is 76.6 Å². The third kappa shape index (κ3) is 6.26. The van der Waals surface area contributed by atoms with Crippen LogP contribution in [0.25, 0.3) is 0 Å². The molecule has 1 aliphatic heterocycles. The highest BCUT2D eigenvalue weighted by atomic mass is 32.2. The predicted molar refractivity (Wildman–Crippen MR) is 99.6 cm³/mol. The number of anilines is 1. The number of amides is 1. The van der Waals surface area contributed by atoms with Gasteiger partial charge in [-0.05, 0) is 46.8 Å². The van der Waals surface area contributed by atoms with E-state index in [4.69, 9.17) is 9.47 Å². The number of carbonyl (C=O) groups excluding carboxylic acids is 1. The van der Waals surface area contributed by atoms with Gasteiger partial charge in [-0.2, -0.15) is 4.98 Å². The zero-order valence-electron chi connectivity index (χ0n) is 15.7. The molecule has 25 heavy (non-hydrogen) atoms. The minimum Gasteiger partial charge on any atom is -0.478 e. The summed E-state index contributed by atoms with van der Waals surface area (Å²) in [7, 11) is 0. The molecule has 0 aromatic carbocycles. The number of carbonyl (C=O) groups is 1. The molecule has 0 unspecified atom stereocenters. The second-order valence-corrected chi connectivity index (χ2v) is 7.69. The molecule has 0 spiro atoms. The summed E-state index contributed by atoms with van der Waals surface area (Å²) in [6.45, 7) is 9.66.